The van der Waals surface area contributed by atoms with Gasteiger partial charge in [0, 0.05) is 23.3 Å². The summed E-state index contributed by atoms with van der Waals surface area (Å²) in [6.07, 6.45) is 2.88. The van der Waals surface area contributed by atoms with Crippen LogP contribution in [0.15, 0.2) is 85.0 Å². The number of halogens is 15. The van der Waals surface area contributed by atoms with Gasteiger partial charge in [-0.3, -0.25) is 0 Å². The lowest BCUT2D eigenvalue weighted by Crippen LogP contribution is -2.73. The Bertz CT molecular complexity index is 2140. The first-order chi connectivity index (χ1) is 33.2. The van der Waals surface area contributed by atoms with Crippen molar-refractivity contribution in [1.82, 2.24) is 0 Å². The highest BCUT2D eigenvalue weighted by atomic mass is 19.4. The van der Waals surface area contributed by atoms with E-state index >= 15 is 0 Å². The summed E-state index contributed by atoms with van der Waals surface area (Å²) in [4.78, 5) is 45.1. The van der Waals surface area contributed by atoms with Gasteiger partial charge in [0.2, 0.25) is 0 Å². The van der Waals surface area contributed by atoms with Gasteiger partial charge in [-0.2, -0.15) is 65.9 Å². The summed E-state index contributed by atoms with van der Waals surface area (Å²) in [7, 11) is 1.35. The van der Waals surface area contributed by atoms with Gasteiger partial charge in [0.1, 0.15) is 11.5 Å². The van der Waals surface area contributed by atoms with E-state index in [4.69, 9.17) is 18.9 Å². The molecule has 0 heterocycles. The quantitative estimate of drug-likeness (QED) is 0.0256. The molecule has 0 saturated carbocycles. The molecule has 72 heavy (non-hydrogen) atoms. The van der Waals surface area contributed by atoms with E-state index in [2.05, 4.69) is 22.6 Å². The van der Waals surface area contributed by atoms with Crippen molar-refractivity contribution in [3.05, 3.63) is 96.1 Å². The van der Waals surface area contributed by atoms with Gasteiger partial charge in [0.15, 0.2) is 6.61 Å². The molecule has 0 fully saturated rings. The highest BCUT2D eigenvalue weighted by molar-refractivity contribution is 5.88. The Morgan fingerprint density at radius 3 is 1.14 bits per heavy atom. The maximum Gasteiger partial charge on any atom is 0.460 e. The lowest BCUT2D eigenvalue weighted by Gasteiger charge is -2.41. The van der Waals surface area contributed by atoms with Crippen LogP contribution in [-0.4, -0.2) is 106 Å². The average molecular weight is 1060 g/mol. The Labute approximate surface area is 403 Å². The van der Waals surface area contributed by atoms with Crippen LogP contribution in [0, 0.1) is 0 Å². The molecule has 0 atom stereocenters. The van der Waals surface area contributed by atoms with E-state index in [1.807, 2.05) is 24.3 Å². The number of esters is 4. The first-order valence-corrected chi connectivity index (χ1v) is 21.3. The first kappa shape index (κ1) is 63.8. The Morgan fingerprint density at radius 2 is 0.792 bits per heavy atom. The minimum Gasteiger partial charge on any atom is -0.494 e. The molecule has 0 N–H and O–H groups in total. The Balaban J connectivity index is 0.000000868. The number of carbonyl (C=O) groups is 4. The standard InChI is InChI=1S/C27H25F15O5.C20H26O5/c1-16(2)20(44)46-14-6-4-3-5-13-45-18-10-7-17(8-11-18)9-12-19(43)47-15-21(28,29)22(30,31)23(32,33)24(34,35)25(36,37)26(38,39)27(40,41)42;1-16(2)20(22)25-15-7-5-4-6-14-24-18-11-8-17(9-12-18)10-13-19(21)23-3/h7-12H,1,3-6,13-15H2,2H3;8-13H,1,4-7,14-15H2,2-3H3/b12-9+;13-10+. The third kappa shape index (κ3) is 18.8. The van der Waals surface area contributed by atoms with Crippen LogP contribution < -0.4 is 9.47 Å². The Morgan fingerprint density at radius 1 is 0.458 bits per heavy atom. The van der Waals surface area contributed by atoms with E-state index in [0.717, 1.165) is 55.9 Å². The molecule has 0 radical (unpaired) electrons. The molecule has 0 aliphatic carbocycles. The number of unbranched alkanes of at least 4 members (excludes halogenated alkanes) is 6. The zero-order valence-corrected chi connectivity index (χ0v) is 38.8. The highest BCUT2D eigenvalue weighted by Gasteiger charge is 2.93. The molecule has 0 unspecified atom stereocenters. The maximum absolute atomic E-state index is 13.8. The molecule has 0 aliphatic heterocycles. The molecule has 0 bridgehead atoms. The number of alkyl halides is 15. The smallest absolute Gasteiger partial charge is 0.460 e. The van der Waals surface area contributed by atoms with Crippen LogP contribution in [0.1, 0.15) is 76.3 Å². The topological polar surface area (TPSA) is 124 Å². The third-order valence-corrected chi connectivity index (χ3v) is 9.35. The van der Waals surface area contributed by atoms with Crippen molar-refractivity contribution < 1.29 is 113 Å². The average Bonchev–Trinajstić information content (AvgIpc) is 3.31. The highest BCUT2D eigenvalue weighted by Crippen LogP contribution is 2.62. The summed E-state index contributed by atoms with van der Waals surface area (Å²) in [5, 5.41) is 0. The predicted octanol–water partition coefficient (Wildman–Crippen LogP) is 12.6. The van der Waals surface area contributed by atoms with Gasteiger partial charge in [-0.1, -0.05) is 37.4 Å². The van der Waals surface area contributed by atoms with E-state index in [-0.39, 0.29) is 42.4 Å². The monoisotopic (exact) mass is 1060 g/mol. The molecule has 0 amide bonds. The van der Waals surface area contributed by atoms with Gasteiger partial charge >= 0.3 is 65.6 Å². The molecule has 2 aromatic rings. The van der Waals surface area contributed by atoms with Crippen molar-refractivity contribution in [2.75, 3.05) is 40.1 Å². The Hall–Kier alpha value is -6.17. The van der Waals surface area contributed by atoms with Crippen LogP contribution in [0.4, 0.5) is 65.9 Å². The number of hydrogen-bond donors (Lipinski definition) is 0. The van der Waals surface area contributed by atoms with Gasteiger partial charge in [-0.25, -0.2) is 19.2 Å². The SMILES string of the molecule is C=C(C)C(=O)OCCCCCCOc1ccc(/C=C/C(=O)OC)cc1.C=C(C)C(=O)OCCCCCCOc1ccc(/C=C/C(=O)OCC(F)(F)C(F)(F)C(F)(F)C(F)(F)C(F)(F)C(F)(F)C(F)(F)F)cc1. The largest absolute Gasteiger partial charge is 0.494 e. The Kier molecular flexibility index (Phi) is 25.0. The summed E-state index contributed by atoms with van der Waals surface area (Å²) in [6, 6.07) is 12.8. The molecule has 10 nitrogen and oxygen atoms in total. The predicted molar refractivity (Wildman–Crippen MR) is 229 cm³/mol. The molecular formula is C47H51F15O10. The summed E-state index contributed by atoms with van der Waals surface area (Å²) < 4.78 is 227. The summed E-state index contributed by atoms with van der Waals surface area (Å²) >= 11 is 0. The summed E-state index contributed by atoms with van der Waals surface area (Å²) in [6.45, 7) is 8.46. The number of ether oxygens (including phenoxy) is 6. The number of benzene rings is 2. The number of methoxy groups -OCH3 is 1. The van der Waals surface area contributed by atoms with Crippen molar-refractivity contribution in [3.8, 4) is 11.5 Å². The molecule has 0 saturated heterocycles. The van der Waals surface area contributed by atoms with E-state index < -0.39 is 60.3 Å². The van der Waals surface area contributed by atoms with E-state index in [9.17, 15) is 85.0 Å². The number of rotatable bonds is 29. The minimum atomic E-state index is -8.42. The van der Waals surface area contributed by atoms with Crippen LogP contribution in [0.5, 0.6) is 11.5 Å². The second-order valence-electron chi connectivity index (χ2n) is 15.4. The molecule has 2 aromatic carbocycles. The van der Waals surface area contributed by atoms with Crippen LogP contribution in [-0.2, 0) is 38.1 Å². The van der Waals surface area contributed by atoms with Gasteiger partial charge in [-0.15, -0.1) is 0 Å². The molecule has 25 heteroatoms. The van der Waals surface area contributed by atoms with Crippen molar-refractivity contribution >= 4 is 36.0 Å². The molecule has 404 valence electrons. The lowest BCUT2D eigenvalue weighted by atomic mass is 9.91. The third-order valence-electron chi connectivity index (χ3n) is 9.35. The second-order valence-corrected chi connectivity index (χ2v) is 15.4. The van der Waals surface area contributed by atoms with Crippen molar-refractivity contribution in [3.63, 3.8) is 0 Å². The second kappa shape index (κ2) is 28.2. The fourth-order valence-electron chi connectivity index (χ4n) is 5.12. The van der Waals surface area contributed by atoms with Crippen LogP contribution in [0.3, 0.4) is 0 Å². The maximum atomic E-state index is 13.8. The minimum absolute atomic E-state index is 0.106. The van der Waals surface area contributed by atoms with E-state index in [1.54, 1.807) is 13.0 Å². The molecule has 0 aromatic heterocycles. The summed E-state index contributed by atoms with van der Waals surface area (Å²) in [5.74, 6) is -49.7. The number of carbonyl (C=O) groups excluding carboxylic acids is 4. The van der Waals surface area contributed by atoms with Gasteiger partial charge in [-0.05, 0) is 113 Å². The number of hydrogen-bond acceptors (Lipinski definition) is 10. The fraction of sp³-hybridized carbons (Fsp3) is 0.489. The molecule has 0 aliphatic rings. The van der Waals surface area contributed by atoms with Crippen molar-refractivity contribution in [2.45, 2.75) is 107 Å². The molecule has 2 rings (SSSR count). The zero-order valence-electron chi connectivity index (χ0n) is 38.8. The van der Waals surface area contributed by atoms with Crippen LogP contribution >= 0.6 is 0 Å². The molecule has 0 spiro atoms. The van der Waals surface area contributed by atoms with Gasteiger partial charge in [0.05, 0.1) is 33.5 Å². The molecular weight excluding hydrogens is 1010 g/mol. The zero-order chi connectivity index (χ0) is 55.2. The van der Waals surface area contributed by atoms with Crippen LogP contribution in [0.25, 0.3) is 12.2 Å². The van der Waals surface area contributed by atoms with E-state index in [1.165, 1.54) is 44.4 Å². The summed E-state index contributed by atoms with van der Waals surface area (Å²) in [5.41, 5.74) is 1.71. The fourth-order valence-corrected chi connectivity index (χ4v) is 5.12. The van der Waals surface area contributed by atoms with Crippen molar-refractivity contribution in [2.24, 2.45) is 0 Å². The first-order valence-electron chi connectivity index (χ1n) is 21.3. The van der Waals surface area contributed by atoms with Crippen LogP contribution in [0.2, 0.25) is 0 Å². The van der Waals surface area contributed by atoms with E-state index in [0.29, 0.717) is 37.4 Å². The van der Waals surface area contributed by atoms with Crippen molar-refractivity contribution in [1.29, 1.82) is 0 Å². The lowest BCUT2D eigenvalue weighted by molar-refractivity contribution is -0.453. The van der Waals surface area contributed by atoms with Gasteiger partial charge in [0.25, 0.3) is 0 Å². The normalized spacial score (nSPS) is 12.7. The van der Waals surface area contributed by atoms with Gasteiger partial charge < -0.3 is 28.4 Å².